The Labute approximate surface area is 93.6 Å². The number of carbonyl (C=O) groups is 2. The highest BCUT2D eigenvalue weighted by molar-refractivity contribution is 8.00. The Hall–Kier alpha value is -0.710. The molecule has 0 aromatic carbocycles. The molecule has 2 saturated heterocycles. The number of thioether (sulfide) groups is 1. The Bertz CT molecular complexity index is 260. The van der Waals surface area contributed by atoms with Gasteiger partial charge in [-0.1, -0.05) is 6.42 Å². The maximum Gasteiger partial charge on any atom is 0.315 e. The lowest BCUT2D eigenvalue weighted by Gasteiger charge is -2.15. The van der Waals surface area contributed by atoms with Gasteiger partial charge in [-0.15, -0.1) is 0 Å². The zero-order chi connectivity index (χ0) is 10.7. The molecule has 15 heavy (non-hydrogen) atoms. The lowest BCUT2D eigenvalue weighted by atomic mass is 10.0. The fourth-order valence-corrected chi connectivity index (χ4v) is 3.76. The first-order chi connectivity index (χ1) is 7.31. The van der Waals surface area contributed by atoms with E-state index in [-0.39, 0.29) is 6.03 Å². The third-order valence-electron chi connectivity index (χ3n) is 3.00. The van der Waals surface area contributed by atoms with Crippen molar-refractivity contribution >= 4 is 24.1 Å². The number of hydrogen-bond donors (Lipinski definition) is 2. The third kappa shape index (κ3) is 2.45. The number of carbonyl (C=O) groups excluding carboxylic acids is 2. The van der Waals surface area contributed by atoms with Crippen molar-refractivity contribution in [2.24, 2.45) is 0 Å². The van der Waals surface area contributed by atoms with E-state index in [1.165, 1.54) is 0 Å². The number of fused-ring (bicyclic) bond motifs is 1. The van der Waals surface area contributed by atoms with E-state index >= 15 is 0 Å². The topological polar surface area (TPSA) is 58.2 Å². The van der Waals surface area contributed by atoms with Crippen LogP contribution in [-0.4, -0.2) is 35.4 Å². The number of hydrogen-bond acceptors (Lipinski definition) is 3. The zero-order valence-electron chi connectivity index (χ0n) is 8.57. The Kier molecular flexibility index (Phi) is 3.51. The number of aldehydes is 1. The molecule has 5 heteroatoms. The van der Waals surface area contributed by atoms with Gasteiger partial charge in [-0.2, -0.15) is 11.8 Å². The molecule has 0 aromatic rings. The van der Waals surface area contributed by atoms with Gasteiger partial charge in [-0.3, -0.25) is 0 Å². The minimum atomic E-state index is -0.0248. The summed E-state index contributed by atoms with van der Waals surface area (Å²) in [7, 11) is 0. The van der Waals surface area contributed by atoms with E-state index in [0.717, 1.165) is 31.3 Å². The van der Waals surface area contributed by atoms with Gasteiger partial charge in [0, 0.05) is 17.4 Å². The molecule has 0 bridgehead atoms. The lowest BCUT2D eigenvalue weighted by Crippen LogP contribution is -2.36. The van der Waals surface area contributed by atoms with E-state index in [0.29, 0.717) is 23.8 Å². The van der Waals surface area contributed by atoms with Gasteiger partial charge < -0.3 is 15.4 Å². The van der Waals surface area contributed by atoms with E-state index in [1.54, 1.807) is 0 Å². The van der Waals surface area contributed by atoms with Gasteiger partial charge in [0.05, 0.1) is 12.1 Å². The van der Waals surface area contributed by atoms with Crippen LogP contribution in [0.15, 0.2) is 0 Å². The van der Waals surface area contributed by atoms with Crippen LogP contribution in [0.2, 0.25) is 0 Å². The average Bonchev–Trinajstić information content (AvgIpc) is 2.73. The van der Waals surface area contributed by atoms with Gasteiger partial charge in [0.2, 0.25) is 0 Å². The van der Waals surface area contributed by atoms with Crippen LogP contribution in [0.5, 0.6) is 0 Å². The fraction of sp³-hybridized carbons (Fsp3) is 0.800. The van der Waals surface area contributed by atoms with Crippen LogP contribution in [0.3, 0.4) is 0 Å². The van der Waals surface area contributed by atoms with E-state index in [4.69, 9.17) is 0 Å². The third-order valence-corrected chi connectivity index (χ3v) is 4.51. The number of urea groups is 1. The van der Waals surface area contributed by atoms with Crippen molar-refractivity contribution in [1.82, 2.24) is 10.6 Å². The minimum Gasteiger partial charge on any atom is -0.332 e. The molecule has 0 aliphatic carbocycles. The Morgan fingerprint density at radius 2 is 2.27 bits per heavy atom. The van der Waals surface area contributed by atoms with Crippen LogP contribution in [0.1, 0.15) is 25.7 Å². The number of rotatable bonds is 5. The predicted octanol–water partition coefficient (Wildman–Crippen LogP) is 0.911. The standard InChI is InChI=1S/C10H16N2O2S/c13-5-3-1-2-4-8-9-7(6-15-8)11-10(14)12-9/h5,7-9H,1-4,6H2,(H2,11,12,14)/t7?,8-,9+/m0/s1. The first-order valence-electron chi connectivity index (χ1n) is 5.43. The summed E-state index contributed by atoms with van der Waals surface area (Å²) in [6.07, 6.45) is 4.79. The molecule has 4 nitrogen and oxygen atoms in total. The molecule has 3 atom stereocenters. The van der Waals surface area contributed by atoms with Gasteiger partial charge in [0.1, 0.15) is 6.29 Å². The summed E-state index contributed by atoms with van der Waals surface area (Å²) < 4.78 is 0. The SMILES string of the molecule is O=CCCCC[C@@H]1SCC2NC(=O)N[C@H]21. The average molecular weight is 228 g/mol. The first-order valence-corrected chi connectivity index (χ1v) is 6.48. The van der Waals surface area contributed by atoms with E-state index in [2.05, 4.69) is 10.6 Å². The van der Waals surface area contributed by atoms with Gasteiger partial charge in [0.15, 0.2) is 0 Å². The number of nitrogens with one attached hydrogen (secondary N) is 2. The molecular weight excluding hydrogens is 212 g/mol. The molecule has 2 rings (SSSR count). The smallest absolute Gasteiger partial charge is 0.315 e. The van der Waals surface area contributed by atoms with Crippen molar-refractivity contribution < 1.29 is 9.59 Å². The van der Waals surface area contributed by atoms with Crippen molar-refractivity contribution in [3.63, 3.8) is 0 Å². The monoisotopic (exact) mass is 228 g/mol. The second-order valence-electron chi connectivity index (χ2n) is 4.07. The molecule has 0 radical (unpaired) electrons. The molecule has 2 fully saturated rings. The second-order valence-corrected chi connectivity index (χ2v) is 5.35. The normalized spacial score (nSPS) is 33.3. The van der Waals surface area contributed by atoms with E-state index < -0.39 is 0 Å². The summed E-state index contributed by atoms with van der Waals surface area (Å²) in [5.74, 6) is 1.02. The molecule has 1 unspecified atom stereocenters. The molecule has 2 amide bonds. The maximum atomic E-state index is 11.1. The van der Waals surface area contributed by atoms with Crippen molar-refractivity contribution in [3.05, 3.63) is 0 Å². The van der Waals surface area contributed by atoms with Gasteiger partial charge in [0.25, 0.3) is 0 Å². The fourth-order valence-electron chi connectivity index (χ4n) is 2.22. The molecule has 0 saturated carbocycles. The molecule has 2 aliphatic heterocycles. The molecular formula is C10H16N2O2S. The summed E-state index contributed by atoms with van der Waals surface area (Å²) in [4.78, 5) is 21.3. The van der Waals surface area contributed by atoms with Crippen molar-refractivity contribution in [3.8, 4) is 0 Å². The number of amides is 2. The van der Waals surface area contributed by atoms with Crippen LogP contribution in [-0.2, 0) is 4.79 Å². The highest BCUT2D eigenvalue weighted by Crippen LogP contribution is 2.33. The van der Waals surface area contributed by atoms with Gasteiger partial charge in [-0.25, -0.2) is 4.79 Å². The largest absolute Gasteiger partial charge is 0.332 e. The van der Waals surface area contributed by atoms with Crippen molar-refractivity contribution in [1.29, 1.82) is 0 Å². The van der Waals surface area contributed by atoms with Crippen LogP contribution in [0, 0.1) is 0 Å². The van der Waals surface area contributed by atoms with Crippen LogP contribution >= 0.6 is 11.8 Å². The highest BCUT2D eigenvalue weighted by atomic mass is 32.2. The van der Waals surface area contributed by atoms with Crippen LogP contribution in [0.4, 0.5) is 4.79 Å². The van der Waals surface area contributed by atoms with Gasteiger partial charge in [-0.05, 0) is 12.8 Å². The van der Waals surface area contributed by atoms with E-state index in [1.807, 2.05) is 11.8 Å². The number of unbranched alkanes of at least 4 members (excludes halogenated alkanes) is 2. The summed E-state index contributed by atoms with van der Waals surface area (Å²) in [5.41, 5.74) is 0. The molecule has 0 aromatic heterocycles. The summed E-state index contributed by atoms with van der Waals surface area (Å²) >= 11 is 1.93. The van der Waals surface area contributed by atoms with Crippen molar-refractivity contribution in [2.45, 2.75) is 43.0 Å². The lowest BCUT2D eigenvalue weighted by molar-refractivity contribution is -0.107. The maximum absolute atomic E-state index is 11.1. The Morgan fingerprint density at radius 1 is 1.40 bits per heavy atom. The molecule has 84 valence electrons. The Morgan fingerprint density at radius 3 is 3.07 bits per heavy atom. The first kappa shape index (κ1) is 10.8. The Balaban J connectivity index is 1.74. The quantitative estimate of drug-likeness (QED) is 0.418. The van der Waals surface area contributed by atoms with Gasteiger partial charge >= 0.3 is 6.03 Å². The summed E-state index contributed by atoms with van der Waals surface area (Å²) in [5, 5.41) is 6.42. The second kappa shape index (κ2) is 4.88. The van der Waals surface area contributed by atoms with Crippen molar-refractivity contribution in [2.75, 3.05) is 5.75 Å². The molecule has 2 aliphatic rings. The molecule has 0 spiro atoms. The summed E-state index contributed by atoms with van der Waals surface area (Å²) in [6.45, 7) is 0. The highest BCUT2D eigenvalue weighted by Gasteiger charge is 2.42. The molecule has 2 N–H and O–H groups in total. The van der Waals surface area contributed by atoms with Crippen LogP contribution < -0.4 is 10.6 Å². The van der Waals surface area contributed by atoms with E-state index in [9.17, 15) is 9.59 Å². The molecule has 2 heterocycles. The zero-order valence-corrected chi connectivity index (χ0v) is 9.39. The minimum absolute atomic E-state index is 0.0248. The van der Waals surface area contributed by atoms with Crippen LogP contribution in [0.25, 0.3) is 0 Å². The predicted molar refractivity (Wildman–Crippen MR) is 60.0 cm³/mol. The summed E-state index contributed by atoms with van der Waals surface area (Å²) in [6, 6.07) is 0.598.